The molecule has 0 aliphatic carbocycles. The van der Waals surface area contributed by atoms with Gasteiger partial charge in [0.1, 0.15) is 5.84 Å². The normalized spacial score (nSPS) is 21.2. The molecule has 2 rings (SSSR count). The van der Waals surface area contributed by atoms with E-state index in [0.29, 0.717) is 15.9 Å². The average Bonchev–Trinajstić information content (AvgIpc) is 2.20. The van der Waals surface area contributed by atoms with Gasteiger partial charge in [-0.15, -0.1) is 12.4 Å². The van der Waals surface area contributed by atoms with Gasteiger partial charge in [0.2, 0.25) is 5.96 Å². The van der Waals surface area contributed by atoms with Gasteiger partial charge in [-0.25, -0.2) is 9.98 Å². The van der Waals surface area contributed by atoms with Crippen molar-refractivity contribution in [3.8, 4) is 0 Å². The Labute approximate surface area is 128 Å². The zero-order valence-corrected chi connectivity index (χ0v) is 12.9. The van der Waals surface area contributed by atoms with Gasteiger partial charge in [-0.2, -0.15) is 0 Å². The van der Waals surface area contributed by atoms with Gasteiger partial charge >= 0.3 is 0 Å². The summed E-state index contributed by atoms with van der Waals surface area (Å²) < 4.78 is 0. The first-order valence-electron chi connectivity index (χ1n) is 5.45. The number of rotatable bonds is 1. The van der Waals surface area contributed by atoms with Crippen molar-refractivity contribution in [2.75, 3.05) is 0 Å². The van der Waals surface area contributed by atoms with Gasteiger partial charge < -0.3 is 11.5 Å². The molecule has 104 valence electrons. The van der Waals surface area contributed by atoms with Crippen molar-refractivity contribution in [3.63, 3.8) is 0 Å². The Morgan fingerprint density at radius 1 is 1.16 bits per heavy atom. The summed E-state index contributed by atoms with van der Waals surface area (Å²) in [5.41, 5.74) is 12.1. The molecule has 0 bridgehead atoms. The maximum Gasteiger partial charge on any atom is 0.217 e. The van der Waals surface area contributed by atoms with Gasteiger partial charge in [-0.3, -0.25) is 0 Å². The van der Waals surface area contributed by atoms with Gasteiger partial charge in [0, 0.05) is 0 Å². The van der Waals surface area contributed by atoms with Gasteiger partial charge in [-0.1, -0.05) is 29.3 Å². The van der Waals surface area contributed by atoms with E-state index in [1.807, 2.05) is 19.9 Å². The third kappa shape index (κ3) is 3.14. The summed E-state index contributed by atoms with van der Waals surface area (Å²) in [6.45, 7) is 3.91. The lowest BCUT2D eigenvalue weighted by molar-refractivity contribution is 0.479. The summed E-state index contributed by atoms with van der Waals surface area (Å²) in [6, 6.07) is 5.40. The molecular formula is C12H15Cl3N4. The van der Waals surface area contributed by atoms with Crippen LogP contribution in [0.25, 0.3) is 0 Å². The predicted octanol–water partition coefficient (Wildman–Crippen LogP) is 2.96. The second-order valence-corrected chi connectivity index (χ2v) is 5.58. The lowest BCUT2D eigenvalue weighted by Gasteiger charge is -2.33. The SMILES string of the molecule is CC1(C)N=C(N)N=C(N)C1c1ccc(Cl)c(Cl)c1.Cl. The Balaban J connectivity index is 0.00000180. The fraction of sp³-hybridized carbons (Fsp3) is 0.333. The number of hydrogen-bond donors (Lipinski definition) is 2. The van der Waals surface area contributed by atoms with Crippen LogP contribution in [0.1, 0.15) is 25.3 Å². The number of hydrogen-bond acceptors (Lipinski definition) is 4. The van der Waals surface area contributed by atoms with Gasteiger partial charge in [0.15, 0.2) is 0 Å². The second kappa shape index (κ2) is 5.57. The number of halogens is 3. The van der Waals surface area contributed by atoms with E-state index in [-0.39, 0.29) is 24.3 Å². The monoisotopic (exact) mass is 320 g/mol. The first kappa shape index (κ1) is 16.1. The van der Waals surface area contributed by atoms with Crippen LogP contribution in [0.4, 0.5) is 0 Å². The molecule has 0 saturated carbocycles. The Morgan fingerprint density at radius 2 is 1.79 bits per heavy atom. The number of aliphatic imine (C=N–C) groups is 2. The Bertz CT molecular complexity index is 552. The Kier molecular flexibility index (Phi) is 4.72. The van der Waals surface area contributed by atoms with Crippen molar-refractivity contribution < 1.29 is 0 Å². The van der Waals surface area contributed by atoms with Crippen molar-refractivity contribution >= 4 is 47.4 Å². The molecule has 1 atom stereocenters. The molecule has 4 N–H and O–H groups in total. The molecule has 0 aromatic heterocycles. The van der Waals surface area contributed by atoms with Crippen LogP contribution in [0.2, 0.25) is 10.0 Å². The van der Waals surface area contributed by atoms with Gasteiger partial charge in [0.25, 0.3) is 0 Å². The lowest BCUT2D eigenvalue weighted by Crippen LogP contribution is -2.43. The van der Waals surface area contributed by atoms with Crippen LogP contribution in [0, 0.1) is 0 Å². The van der Waals surface area contributed by atoms with Crippen LogP contribution >= 0.6 is 35.6 Å². The fourth-order valence-electron chi connectivity index (χ4n) is 2.21. The molecule has 1 aliphatic rings. The van der Waals surface area contributed by atoms with E-state index in [2.05, 4.69) is 9.98 Å². The highest BCUT2D eigenvalue weighted by Crippen LogP contribution is 2.36. The van der Waals surface area contributed by atoms with Crippen molar-refractivity contribution in [2.24, 2.45) is 21.5 Å². The van der Waals surface area contributed by atoms with Crippen LogP contribution in [0.3, 0.4) is 0 Å². The van der Waals surface area contributed by atoms with E-state index < -0.39 is 5.54 Å². The minimum atomic E-state index is -0.465. The van der Waals surface area contributed by atoms with Crippen LogP contribution in [0.5, 0.6) is 0 Å². The van der Waals surface area contributed by atoms with Crippen LogP contribution in [0.15, 0.2) is 28.2 Å². The summed E-state index contributed by atoms with van der Waals surface area (Å²) in [5.74, 6) is 0.472. The van der Waals surface area contributed by atoms with E-state index in [9.17, 15) is 0 Å². The first-order chi connectivity index (χ1) is 8.31. The zero-order chi connectivity index (χ0) is 13.5. The maximum absolute atomic E-state index is 6.03. The lowest BCUT2D eigenvalue weighted by atomic mass is 9.81. The standard InChI is InChI=1S/C12H14Cl2N4.ClH/c1-12(2)9(10(15)17-11(16)18-12)6-3-4-7(13)8(14)5-6;/h3-5,9H,1-2H3,(H4,15,16,17,18);1H. The molecule has 4 nitrogen and oxygen atoms in total. The highest BCUT2D eigenvalue weighted by Gasteiger charge is 2.36. The average molecular weight is 322 g/mol. The third-order valence-corrected chi connectivity index (χ3v) is 3.66. The number of nitrogens with zero attached hydrogens (tertiary/aromatic N) is 2. The van der Waals surface area contributed by atoms with Crippen molar-refractivity contribution in [1.82, 2.24) is 0 Å². The Morgan fingerprint density at radius 3 is 2.32 bits per heavy atom. The summed E-state index contributed by atoms with van der Waals surface area (Å²) in [6.07, 6.45) is 0. The maximum atomic E-state index is 6.03. The smallest absolute Gasteiger partial charge is 0.217 e. The molecule has 1 aliphatic heterocycles. The molecule has 7 heteroatoms. The number of guanidine groups is 1. The molecule has 0 spiro atoms. The van der Waals surface area contributed by atoms with E-state index in [4.69, 9.17) is 34.7 Å². The topological polar surface area (TPSA) is 76.8 Å². The number of amidine groups is 1. The third-order valence-electron chi connectivity index (χ3n) is 2.93. The number of nitrogens with two attached hydrogens (primary N) is 2. The van der Waals surface area contributed by atoms with Crippen LogP contribution in [-0.2, 0) is 0 Å². The number of benzene rings is 1. The minimum absolute atomic E-state index is 0. The van der Waals surface area contributed by atoms with Crippen LogP contribution < -0.4 is 11.5 Å². The quantitative estimate of drug-likeness (QED) is 0.834. The molecule has 0 radical (unpaired) electrons. The van der Waals surface area contributed by atoms with Gasteiger partial charge in [-0.05, 0) is 31.5 Å². The van der Waals surface area contributed by atoms with Gasteiger partial charge in [0.05, 0.1) is 21.5 Å². The second-order valence-electron chi connectivity index (χ2n) is 4.77. The molecular weight excluding hydrogens is 307 g/mol. The summed E-state index contributed by atoms with van der Waals surface area (Å²) in [7, 11) is 0. The van der Waals surface area contributed by atoms with E-state index in [0.717, 1.165) is 5.56 Å². The largest absolute Gasteiger partial charge is 0.386 e. The summed E-state index contributed by atoms with van der Waals surface area (Å²) in [4.78, 5) is 8.36. The highest BCUT2D eigenvalue weighted by molar-refractivity contribution is 6.42. The van der Waals surface area contributed by atoms with Crippen LogP contribution in [-0.4, -0.2) is 17.3 Å². The first-order valence-corrected chi connectivity index (χ1v) is 6.21. The Hall–Kier alpha value is -0.970. The summed E-state index contributed by atoms with van der Waals surface area (Å²) >= 11 is 11.9. The molecule has 1 unspecified atom stereocenters. The molecule has 19 heavy (non-hydrogen) atoms. The minimum Gasteiger partial charge on any atom is -0.386 e. The van der Waals surface area contributed by atoms with Crippen molar-refractivity contribution in [3.05, 3.63) is 33.8 Å². The fourth-order valence-corrected chi connectivity index (χ4v) is 2.52. The molecule has 0 saturated heterocycles. The van der Waals surface area contributed by atoms with E-state index >= 15 is 0 Å². The predicted molar refractivity (Wildman–Crippen MR) is 83.8 cm³/mol. The van der Waals surface area contributed by atoms with E-state index in [1.54, 1.807) is 12.1 Å². The molecule has 1 heterocycles. The molecule has 1 aromatic rings. The summed E-state index contributed by atoms with van der Waals surface area (Å²) in [5, 5.41) is 0.993. The highest BCUT2D eigenvalue weighted by atomic mass is 35.5. The van der Waals surface area contributed by atoms with Crippen molar-refractivity contribution in [1.29, 1.82) is 0 Å². The van der Waals surface area contributed by atoms with Crippen molar-refractivity contribution in [2.45, 2.75) is 25.3 Å². The van der Waals surface area contributed by atoms with E-state index in [1.165, 1.54) is 0 Å². The molecule has 1 aromatic carbocycles. The molecule has 0 fully saturated rings. The molecule has 0 amide bonds. The zero-order valence-electron chi connectivity index (χ0n) is 10.5.